The lowest BCUT2D eigenvalue weighted by atomic mass is 10.1. The molecule has 0 unspecified atom stereocenters. The van der Waals surface area contributed by atoms with E-state index in [1.165, 1.54) is 6.92 Å². The number of para-hydroxylation sites is 1. The fourth-order valence-electron chi connectivity index (χ4n) is 3.14. The molecule has 4 nitrogen and oxygen atoms in total. The molecule has 0 atom stereocenters. The summed E-state index contributed by atoms with van der Waals surface area (Å²) in [6.07, 6.45) is 3.84. The number of fused-ring (bicyclic) bond motifs is 1. The maximum absolute atomic E-state index is 11.2. The van der Waals surface area contributed by atoms with Crippen LogP contribution in [0.25, 0.3) is 23.1 Å². The van der Waals surface area contributed by atoms with Crippen LogP contribution in [0.2, 0.25) is 5.02 Å². The van der Waals surface area contributed by atoms with E-state index in [-0.39, 0.29) is 5.97 Å². The van der Waals surface area contributed by atoms with Crippen molar-refractivity contribution < 1.29 is 14.3 Å². The molecule has 0 saturated heterocycles. The Bertz CT molecular complexity index is 1270. The SMILES string of the molecule is CC(=O)Oc1cccc(C=Cc2ccc3cccc(OCc4ccccc4Cl)c3n2)c1. The summed E-state index contributed by atoms with van der Waals surface area (Å²) < 4.78 is 11.2. The Morgan fingerprint density at radius 3 is 2.65 bits per heavy atom. The highest BCUT2D eigenvalue weighted by atomic mass is 35.5. The van der Waals surface area contributed by atoms with Crippen LogP contribution in [0.3, 0.4) is 0 Å². The molecule has 154 valence electrons. The number of hydrogen-bond donors (Lipinski definition) is 0. The Morgan fingerprint density at radius 1 is 0.968 bits per heavy atom. The Hall–Kier alpha value is -3.63. The van der Waals surface area contributed by atoms with Crippen LogP contribution in [0.4, 0.5) is 0 Å². The number of halogens is 1. The van der Waals surface area contributed by atoms with Crippen molar-refractivity contribution in [2.75, 3.05) is 0 Å². The molecule has 4 aromatic rings. The van der Waals surface area contributed by atoms with Crippen molar-refractivity contribution in [2.24, 2.45) is 0 Å². The summed E-state index contributed by atoms with van der Waals surface area (Å²) in [5.41, 5.74) is 3.40. The van der Waals surface area contributed by atoms with Crippen LogP contribution >= 0.6 is 11.6 Å². The largest absolute Gasteiger partial charge is 0.487 e. The summed E-state index contributed by atoms with van der Waals surface area (Å²) in [6, 6.07) is 24.8. The minimum Gasteiger partial charge on any atom is -0.487 e. The van der Waals surface area contributed by atoms with Gasteiger partial charge in [0, 0.05) is 22.9 Å². The van der Waals surface area contributed by atoms with Gasteiger partial charge in [0.25, 0.3) is 0 Å². The molecule has 0 fully saturated rings. The van der Waals surface area contributed by atoms with Crippen LogP contribution in [0.5, 0.6) is 11.5 Å². The summed E-state index contributed by atoms with van der Waals surface area (Å²) in [5, 5.41) is 1.67. The smallest absolute Gasteiger partial charge is 0.308 e. The van der Waals surface area contributed by atoms with Crippen LogP contribution in [0.15, 0.2) is 78.9 Å². The van der Waals surface area contributed by atoms with E-state index >= 15 is 0 Å². The third-order valence-electron chi connectivity index (χ3n) is 4.61. The zero-order chi connectivity index (χ0) is 21.6. The van der Waals surface area contributed by atoms with Crippen LogP contribution in [-0.2, 0) is 11.4 Å². The van der Waals surface area contributed by atoms with E-state index in [1.54, 1.807) is 12.1 Å². The number of esters is 1. The first-order valence-electron chi connectivity index (χ1n) is 9.81. The first-order valence-corrected chi connectivity index (χ1v) is 10.2. The Morgan fingerprint density at radius 2 is 1.81 bits per heavy atom. The minimum atomic E-state index is -0.346. The topological polar surface area (TPSA) is 48.4 Å². The predicted molar refractivity (Wildman–Crippen MR) is 124 cm³/mol. The molecule has 0 radical (unpaired) electrons. The number of ether oxygens (including phenoxy) is 2. The minimum absolute atomic E-state index is 0.346. The maximum Gasteiger partial charge on any atom is 0.308 e. The number of nitrogens with zero attached hydrogens (tertiary/aromatic N) is 1. The summed E-state index contributed by atoms with van der Waals surface area (Å²) in [7, 11) is 0. The predicted octanol–water partition coefficient (Wildman–Crippen LogP) is 6.56. The van der Waals surface area contributed by atoms with Crippen molar-refractivity contribution in [1.29, 1.82) is 0 Å². The zero-order valence-electron chi connectivity index (χ0n) is 16.9. The van der Waals surface area contributed by atoms with Gasteiger partial charge in [-0.05, 0) is 42.0 Å². The fourth-order valence-corrected chi connectivity index (χ4v) is 3.33. The molecule has 0 N–H and O–H groups in total. The molecular formula is C26H20ClNO3. The van der Waals surface area contributed by atoms with E-state index in [0.29, 0.717) is 23.1 Å². The van der Waals surface area contributed by atoms with E-state index < -0.39 is 0 Å². The fraction of sp³-hybridized carbons (Fsp3) is 0.0769. The van der Waals surface area contributed by atoms with Gasteiger partial charge in [-0.2, -0.15) is 0 Å². The van der Waals surface area contributed by atoms with E-state index in [9.17, 15) is 4.79 Å². The normalized spacial score (nSPS) is 11.0. The highest BCUT2D eigenvalue weighted by Crippen LogP contribution is 2.26. The van der Waals surface area contributed by atoms with Gasteiger partial charge in [0.15, 0.2) is 0 Å². The number of aromatic nitrogens is 1. The molecule has 1 aromatic heterocycles. The molecule has 1 heterocycles. The molecule has 0 bridgehead atoms. The molecular weight excluding hydrogens is 410 g/mol. The molecule has 0 spiro atoms. The average molecular weight is 430 g/mol. The van der Waals surface area contributed by atoms with Crippen molar-refractivity contribution >= 4 is 40.6 Å². The van der Waals surface area contributed by atoms with Gasteiger partial charge in [-0.25, -0.2) is 4.98 Å². The van der Waals surface area contributed by atoms with Crippen LogP contribution < -0.4 is 9.47 Å². The number of pyridine rings is 1. The summed E-state index contributed by atoms with van der Waals surface area (Å²) in [5.74, 6) is 0.863. The van der Waals surface area contributed by atoms with Gasteiger partial charge >= 0.3 is 5.97 Å². The highest BCUT2D eigenvalue weighted by Gasteiger charge is 2.06. The average Bonchev–Trinajstić information content (AvgIpc) is 2.77. The second-order valence-corrected chi connectivity index (χ2v) is 7.35. The van der Waals surface area contributed by atoms with Crippen LogP contribution in [0.1, 0.15) is 23.7 Å². The lowest BCUT2D eigenvalue weighted by molar-refractivity contribution is -0.131. The summed E-state index contributed by atoms with van der Waals surface area (Å²) in [4.78, 5) is 15.9. The molecule has 0 aliphatic rings. The molecule has 0 aliphatic heterocycles. The number of carbonyl (C=O) groups excluding carboxylic acids is 1. The van der Waals surface area contributed by atoms with E-state index in [0.717, 1.165) is 27.7 Å². The second-order valence-electron chi connectivity index (χ2n) is 6.94. The van der Waals surface area contributed by atoms with Crippen molar-refractivity contribution in [1.82, 2.24) is 4.98 Å². The molecule has 4 rings (SSSR count). The number of rotatable bonds is 6. The number of benzene rings is 3. The van der Waals surface area contributed by atoms with E-state index in [4.69, 9.17) is 26.1 Å². The Labute approximate surface area is 185 Å². The van der Waals surface area contributed by atoms with Gasteiger partial charge in [0.1, 0.15) is 23.6 Å². The Kier molecular flexibility index (Phi) is 6.29. The van der Waals surface area contributed by atoms with Gasteiger partial charge in [-0.15, -0.1) is 0 Å². The van der Waals surface area contributed by atoms with Gasteiger partial charge < -0.3 is 9.47 Å². The highest BCUT2D eigenvalue weighted by molar-refractivity contribution is 6.31. The lowest BCUT2D eigenvalue weighted by Gasteiger charge is -2.10. The molecule has 31 heavy (non-hydrogen) atoms. The first-order chi connectivity index (χ1) is 15.1. The monoisotopic (exact) mass is 429 g/mol. The van der Waals surface area contributed by atoms with Crippen LogP contribution in [-0.4, -0.2) is 11.0 Å². The van der Waals surface area contributed by atoms with Gasteiger partial charge in [0.05, 0.1) is 5.69 Å². The lowest BCUT2D eigenvalue weighted by Crippen LogP contribution is -2.00. The van der Waals surface area contributed by atoms with E-state index in [1.807, 2.05) is 78.9 Å². The molecule has 0 saturated carbocycles. The first kappa shape index (κ1) is 20.6. The third kappa shape index (κ3) is 5.30. The molecule has 0 amide bonds. The number of carbonyl (C=O) groups is 1. The standard InChI is InChI=1S/C26H20ClNO3/c1-18(29)31-23-9-4-6-19(16-23)12-14-22-15-13-20-8-5-11-25(26(20)28-22)30-17-21-7-2-3-10-24(21)27/h2-16H,17H2,1H3. The van der Waals surface area contributed by atoms with Crippen molar-refractivity contribution in [3.8, 4) is 11.5 Å². The van der Waals surface area contributed by atoms with Crippen molar-refractivity contribution in [2.45, 2.75) is 13.5 Å². The Balaban J connectivity index is 1.57. The van der Waals surface area contributed by atoms with Crippen molar-refractivity contribution in [3.05, 3.63) is 101 Å². The van der Waals surface area contributed by atoms with E-state index in [2.05, 4.69) is 0 Å². The molecule has 0 aliphatic carbocycles. The zero-order valence-corrected chi connectivity index (χ0v) is 17.7. The third-order valence-corrected chi connectivity index (χ3v) is 4.98. The van der Waals surface area contributed by atoms with Gasteiger partial charge in [-0.1, -0.05) is 66.2 Å². The van der Waals surface area contributed by atoms with Gasteiger partial charge in [-0.3, -0.25) is 4.79 Å². The number of hydrogen-bond acceptors (Lipinski definition) is 4. The summed E-state index contributed by atoms with van der Waals surface area (Å²) >= 11 is 6.24. The maximum atomic E-state index is 11.2. The summed E-state index contributed by atoms with van der Waals surface area (Å²) in [6.45, 7) is 1.75. The second kappa shape index (κ2) is 9.45. The van der Waals surface area contributed by atoms with Crippen molar-refractivity contribution in [3.63, 3.8) is 0 Å². The quantitative estimate of drug-likeness (QED) is 0.257. The van der Waals surface area contributed by atoms with Gasteiger partial charge in [0.2, 0.25) is 0 Å². The van der Waals surface area contributed by atoms with Crippen LogP contribution in [0, 0.1) is 0 Å². The molecule has 5 heteroatoms. The molecule has 3 aromatic carbocycles.